The molecule has 0 aliphatic heterocycles. The third kappa shape index (κ3) is 1.05. The predicted octanol–water partition coefficient (Wildman–Crippen LogP) is 2.89. The number of rotatable bonds is 1. The molecule has 0 amide bonds. The number of aromatic nitrogens is 2. The van der Waals surface area contributed by atoms with E-state index >= 15 is 0 Å². The maximum absolute atomic E-state index is 3.98. The third-order valence-corrected chi connectivity index (χ3v) is 2.96. The predicted molar refractivity (Wildman–Crippen MR) is 53.2 cm³/mol. The van der Waals surface area contributed by atoms with Crippen LogP contribution in [0.15, 0.2) is 22.8 Å². The molecule has 0 saturated heterocycles. The molecule has 1 aromatic heterocycles. The van der Waals surface area contributed by atoms with Gasteiger partial charge < -0.3 is 0 Å². The van der Waals surface area contributed by atoms with E-state index in [1.165, 1.54) is 5.56 Å². The minimum absolute atomic E-state index is 1.04. The van der Waals surface area contributed by atoms with Crippen LogP contribution in [0, 0.1) is 0 Å². The molecule has 0 atom stereocenters. The van der Waals surface area contributed by atoms with Crippen molar-refractivity contribution in [3.05, 3.63) is 28.4 Å². The zero-order chi connectivity index (χ0) is 8.55. The van der Waals surface area contributed by atoms with Crippen molar-refractivity contribution in [2.45, 2.75) is 13.3 Å². The molecular formula is C9H9BrN2. The number of H-pyrrole nitrogens is 1. The van der Waals surface area contributed by atoms with E-state index in [2.05, 4.69) is 45.2 Å². The monoisotopic (exact) mass is 224 g/mol. The molecular weight excluding hydrogens is 216 g/mol. The van der Waals surface area contributed by atoms with E-state index in [1.54, 1.807) is 0 Å². The molecule has 62 valence electrons. The van der Waals surface area contributed by atoms with Crippen molar-refractivity contribution in [3.8, 4) is 0 Å². The molecule has 2 rings (SSSR count). The number of nitrogens with one attached hydrogen (secondary N) is 1. The molecule has 0 bridgehead atoms. The molecule has 1 heterocycles. The van der Waals surface area contributed by atoms with Crippen LogP contribution in [-0.2, 0) is 6.42 Å². The summed E-state index contributed by atoms with van der Waals surface area (Å²) in [6, 6.07) is 4.18. The lowest BCUT2D eigenvalue weighted by Gasteiger charge is -2.00. The summed E-state index contributed by atoms with van der Waals surface area (Å²) < 4.78 is 1.16. The highest BCUT2D eigenvalue weighted by Crippen LogP contribution is 2.26. The van der Waals surface area contributed by atoms with Gasteiger partial charge in [-0.1, -0.05) is 13.0 Å². The van der Waals surface area contributed by atoms with E-state index in [-0.39, 0.29) is 0 Å². The Labute approximate surface area is 79.1 Å². The number of hydrogen-bond acceptors (Lipinski definition) is 1. The van der Waals surface area contributed by atoms with Crippen molar-refractivity contribution < 1.29 is 0 Å². The quantitative estimate of drug-likeness (QED) is 0.794. The summed E-state index contributed by atoms with van der Waals surface area (Å²) in [5.74, 6) is 0. The molecule has 3 heteroatoms. The van der Waals surface area contributed by atoms with E-state index in [4.69, 9.17) is 0 Å². The lowest BCUT2D eigenvalue weighted by molar-refractivity contribution is 1.12. The Morgan fingerprint density at radius 2 is 2.33 bits per heavy atom. The number of hydrogen-bond donors (Lipinski definition) is 1. The Morgan fingerprint density at radius 1 is 1.50 bits per heavy atom. The Morgan fingerprint density at radius 3 is 3.08 bits per heavy atom. The summed E-state index contributed by atoms with van der Waals surface area (Å²) >= 11 is 3.56. The summed E-state index contributed by atoms with van der Waals surface area (Å²) in [6.07, 6.45) is 2.89. The normalized spacial score (nSPS) is 10.8. The number of aromatic amines is 1. The van der Waals surface area contributed by atoms with Gasteiger partial charge in [-0.15, -0.1) is 0 Å². The maximum atomic E-state index is 3.98. The number of nitrogens with zero attached hydrogens (tertiary/aromatic N) is 1. The molecule has 0 fully saturated rings. The van der Waals surface area contributed by atoms with Crippen molar-refractivity contribution >= 4 is 26.8 Å². The largest absolute Gasteiger partial charge is 0.278 e. The molecule has 0 saturated carbocycles. The van der Waals surface area contributed by atoms with Gasteiger partial charge in [0.15, 0.2) is 0 Å². The number of fused-ring (bicyclic) bond motifs is 1. The maximum Gasteiger partial charge on any atom is 0.0661 e. The second-order valence-corrected chi connectivity index (χ2v) is 3.52. The standard InChI is InChI=1S/C9H9BrN2/c1-2-6-3-4-8-7(9(6)10)5-11-12-8/h3-5H,2H2,1H3,(H,11,12). The average Bonchev–Trinajstić information content (AvgIpc) is 2.53. The molecule has 2 aromatic rings. The molecule has 0 unspecified atom stereocenters. The van der Waals surface area contributed by atoms with Crippen LogP contribution in [0.3, 0.4) is 0 Å². The first kappa shape index (κ1) is 7.80. The fraction of sp³-hybridized carbons (Fsp3) is 0.222. The molecule has 0 radical (unpaired) electrons. The van der Waals surface area contributed by atoms with Gasteiger partial charge in [0.05, 0.1) is 11.7 Å². The SMILES string of the molecule is CCc1ccc2[nH]ncc2c1Br. The second-order valence-electron chi connectivity index (χ2n) is 2.72. The molecule has 0 aliphatic carbocycles. The van der Waals surface area contributed by atoms with E-state index in [0.717, 1.165) is 21.8 Å². The topological polar surface area (TPSA) is 28.7 Å². The Kier molecular flexibility index (Phi) is 1.89. The van der Waals surface area contributed by atoms with Crippen LogP contribution in [0.2, 0.25) is 0 Å². The van der Waals surface area contributed by atoms with Gasteiger partial charge in [0.2, 0.25) is 0 Å². The van der Waals surface area contributed by atoms with Crippen LogP contribution < -0.4 is 0 Å². The smallest absolute Gasteiger partial charge is 0.0661 e. The molecule has 12 heavy (non-hydrogen) atoms. The lowest BCUT2D eigenvalue weighted by Crippen LogP contribution is -1.82. The summed E-state index contributed by atoms with van der Waals surface area (Å²) in [5, 5.41) is 8.08. The Bertz CT molecular complexity index is 406. The van der Waals surface area contributed by atoms with Crippen LogP contribution in [0.4, 0.5) is 0 Å². The van der Waals surface area contributed by atoms with Crippen molar-refractivity contribution in [3.63, 3.8) is 0 Å². The van der Waals surface area contributed by atoms with Crippen LogP contribution in [-0.4, -0.2) is 10.2 Å². The lowest BCUT2D eigenvalue weighted by atomic mass is 10.1. The molecule has 0 spiro atoms. The number of halogens is 1. The first-order valence-corrected chi connectivity index (χ1v) is 4.72. The van der Waals surface area contributed by atoms with Crippen molar-refractivity contribution in [1.29, 1.82) is 0 Å². The highest BCUT2D eigenvalue weighted by molar-refractivity contribution is 9.10. The molecule has 2 nitrogen and oxygen atoms in total. The van der Waals surface area contributed by atoms with Crippen LogP contribution in [0.1, 0.15) is 12.5 Å². The Balaban J connectivity index is 2.78. The summed E-state index contributed by atoms with van der Waals surface area (Å²) in [5.41, 5.74) is 2.41. The van der Waals surface area contributed by atoms with Crippen LogP contribution in [0.5, 0.6) is 0 Å². The fourth-order valence-electron chi connectivity index (χ4n) is 1.30. The van der Waals surface area contributed by atoms with E-state index in [1.807, 2.05) is 6.20 Å². The zero-order valence-electron chi connectivity index (χ0n) is 6.76. The Hall–Kier alpha value is -0.830. The van der Waals surface area contributed by atoms with Gasteiger partial charge in [-0.05, 0) is 34.0 Å². The second kappa shape index (κ2) is 2.90. The van der Waals surface area contributed by atoms with E-state index < -0.39 is 0 Å². The summed E-state index contributed by atoms with van der Waals surface area (Å²) in [7, 11) is 0. The molecule has 1 N–H and O–H groups in total. The zero-order valence-corrected chi connectivity index (χ0v) is 8.35. The minimum Gasteiger partial charge on any atom is -0.278 e. The highest BCUT2D eigenvalue weighted by atomic mass is 79.9. The molecule has 0 aliphatic rings. The summed E-state index contributed by atoms with van der Waals surface area (Å²) in [4.78, 5) is 0. The third-order valence-electron chi connectivity index (χ3n) is 2.02. The van der Waals surface area contributed by atoms with Gasteiger partial charge in [-0.2, -0.15) is 5.10 Å². The van der Waals surface area contributed by atoms with E-state index in [9.17, 15) is 0 Å². The summed E-state index contributed by atoms with van der Waals surface area (Å²) in [6.45, 7) is 2.14. The van der Waals surface area contributed by atoms with Gasteiger partial charge >= 0.3 is 0 Å². The van der Waals surface area contributed by atoms with Gasteiger partial charge in [0.25, 0.3) is 0 Å². The molecule has 1 aromatic carbocycles. The fourth-order valence-corrected chi connectivity index (χ4v) is 2.03. The van der Waals surface area contributed by atoms with Crippen molar-refractivity contribution in [2.24, 2.45) is 0 Å². The number of aryl methyl sites for hydroxylation is 1. The minimum atomic E-state index is 1.04. The van der Waals surface area contributed by atoms with Gasteiger partial charge in [0.1, 0.15) is 0 Å². The van der Waals surface area contributed by atoms with Crippen molar-refractivity contribution in [2.75, 3.05) is 0 Å². The van der Waals surface area contributed by atoms with E-state index in [0.29, 0.717) is 0 Å². The van der Waals surface area contributed by atoms with Crippen LogP contribution >= 0.6 is 15.9 Å². The van der Waals surface area contributed by atoms with Gasteiger partial charge in [-0.3, -0.25) is 5.10 Å². The average molecular weight is 225 g/mol. The first-order chi connectivity index (χ1) is 5.83. The van der Waals surface area contributed by atoms with Gasteiger partial charge in [0, 0.05) is 9.86 Å². The van der Waals surface area contributed by atoms with Crippen molar-refractivity contribution in [1.82, 2.24) is 10.2 Å². The van der Waals surface area contributed by atoms with Crippen LogP contribution in [0.25, 0.3) is 10.9 Å². The number of benzene rings is 1. The first-order valence-electron chi connectivity index (χ1n) is 3.93. The van der Waals surface area contributed by atoms with Gasteiger partial charge in [-0.25, -0.2) is 0 Å². The highest BCUT2D eigenvalue weighted by Gasteiger charge is 2.03.